The van der Waals surface area contributed by atoms with Crippen molar-refractivity contribution in [3.05, 3.63) is 23.3 Å². The minimum absolute atomic E-state index is 0.0635. The zero-order valence-corrected chi connectivity index (χ0v) is 12.1. The second-order valence-corrected chi connectivity index (χ2v) is 5.75. The molecule has 1 heterocycles. The van der Waals surface area contributed by atoms with Crippen molar-refractivity contribution in [2.75, 3.05) is 25.6 Å². The van der Waals surface area contributed by atoms with E-state index in [1.54, 1.807) is 0 Å². The summed E-state index contributed by atoms with van der Waals surface area (Å²) in [5, 5.41) is 3.42. The number of rotatable bonds is 5. The van der Waals surface area contributed by atoms with Crippen LogP contribution < -0.4 is 14.8 Å². The molecule has 1 aliphatic rings. The van der Waals surface area contributed by atoms with Crippen LogP contribution in [-0.2, 0) is 5.41 Å². The number of hydrogen-bond acceptors (Lipinski definition) is 4. The van der Waals surface area contributed by atoms with E-state index in [0.717, 1.165) is 30.3 Å². The normalized spacial score (nSPS) is 14.0. The van der Waals surface area contributed by atoms with Crippen molar-refractivity contribution in [1.29, 1.82) is 0 Å². The minimum Gasteiger partial charge on any atom is -0.454 e. The van der Waals surface area contributed by atoms with Gasteiger partial charge < -0.3 is 14.8 Å². The van der Waals surface area contributed by atoms with Gasteiger partial charge in [0.2, 0.25) is 6.79 Å². The summed E-state index contributed by atoms with van der Waals surface area (Å²) in [5.74, 6) is 2.57. The van der Waals surface area contributed by atoms with E-state index in [9.17, 15) is 0 Å². The molecule has 1 aromatic carbocycles. The third-order valence-electron chi connectivity index (χ3n) is 3.30. The van der Waals surface area contributed by atoms with Crippen LogP contribution >= 0.6 is 12.6 Å². The molecular formula is C14H21NO2S. The van der Waals surface area contributed by atoms with Gasteiger partial charge in [0, 0.05) is 24.3 Å². The second kappa shape index (κ2) is 5.41. The highest BCUT2D eigenvalue weighted by Crippen LogP contribution is 2.38. The first kappa shape index (κ1) is 13.6. The van der Waals surface area contributed by atoms with Gasteiger partial charge in [-0.25, -0.2) is 0 Å². The lowest BCUT2D eigenvalue weighted by molar-refractivity contribution is 0.174. The van der Waals surface area contributed by atoms with Crippen molar-refractivity contribution in [3.8, 4) is 11.5 Å². The molecule has 0 saturated heterocycles. The van der Waals surface area contributed by atoms with Crippen LogP contribution in [0.15, 0.2) is 12.1 Å². The van der Waals surface area contributed by atoms with Crippen LogP contribution in [-0.4, -0.2) is 25.6 Å². The molecule has 1 aromatic rings. The number of thiol groups is 1. The Morgan fingerprint density at radius 1 is 1.28 bits per heavy atom. The van der Waals surface area contributed by atoms with Crippen LogP contribution in [0.2, 0.25) is 0 Å². The lowest BCUT2D eigenvalue weighted by atomic mass is 9.81. The molecule has 0 spiro atoms. The van der Waals surface area contributed by atoms with Crippen LogP contribution in [0, 0.1) is 6.92 Å². The molecular weight excluding hydrogens is 246 g/mol. The fourth-order valence-electron chi connectivity index (χ4n) is 2.35. The molecule has 0 aromatic heterocycles. The number of fused-ring (bicyclic) bond motifs is 1. The summed E-state index contributed by atoms with van der Waals surface area (Å²) in [6.07, 6.45) is 0. The molecule has 0 unspecified atom stereocenters. The van der Waals surface area contributed by atoms with Gasteiger partial charge in [0.15, 0.2) is 11.5 Å². The maximum Gasteiger partial charge on any atom is 0.231 e. The van der Waals surface area contributed by atoms with Crippen LogP contribution in [0.5, 0.6) is 11.5 Å². The summed E-state index contributed by atoms with van der Waals surface area (Å²) in [7, 11) is 0. The van der Waals surface area contributed by atoms with Gasteiger partial charge in [-0.2, -0.15) is 12.6 Å². The molecule has 0 saturated carbocycles. The molecule has 1 N–H and O–H groups in total. The van der Waals surface area contributed by atoms with Crippen LogP contribution in [0.25, 0.3) is 0 Å². The molecule has 0 bridgehead atoms. The van der Waals surface area contributed by atoms with Gasteiger partial charge >= 0.3 is 0 Å². The second-order valence-electron chi connectivity index (χ2n) is 5.30. The lowest BCUT2D eigenvalue weighted by Crippen LogP contribution is -2.34. The Balaban J connectivity index is 2.21. The van der Waals surface area contributed by atoms with Crippen LogP contribution in [0.3, 0.4) is 0 Å². The molecule has 0 aliphatic carbocycles. The summed E-state index contributed by atoms with van der Waals surface area (Å²) >= 11 is 4.21. The molecule has 0 atom stereocenters. The summed E-state index contributed by atoms with van der Waals surface area (Å²) in [5.41, 5.74) is 2.61. The average molecular weight is 267 g/mol. The SMILES string of the molecule is Cc1cc2c(cc1C(C)(C)CNCCS)OCO2. The lowest BCUT2D eigenvalue weighted by Gasteiger charge is -2.27. The third-order valence-corrected chi connectivity index (χ3v) is 3.53. The Morgan fingerprint density at radius 2 is 1.94 bits per heavy atom. The maximum atomic E-state index is 5.46. The third kappa shape index (κ3) is 2.75. The molecule has 0 amide bonds. The molecule has 2 rings (SSSR count). The topological polar surface area (TPSA) is 30.5 Å². The first-order valence-corrected chi connectivity index (χ1v) is 6.90. The van der Waals surface area contributed by atoms with Gasteiger partial charge in [-0.3, -0.25) is 0 Å². The Labute approximate surface area is 114 Å². The van der Waals surface area contributed by atoms with Gasteiger partial charge in [-0.15, -0.1) is 0 Å². The molecule has 100 valence electrons. The van der Waals surface area contributed by atoms with E-state index >= 15 is 0 Å². The summed E-state index contributed by atoms with van der Waals surface area (Å²) < 4.78 is 10.9. The van der Waals surface area contributed by atoms with Crippen molar-refractivity contribution < 1.29 is 9.47 Å². The highest BCUT2D eigenvalue weighted by atomic mass is 32.1. The summed E-state index contributed by atoms with van der Waals surface area (Å²) in [4.78, 5) is 0. The fourth-order valence-corrected chi connectivity index (χ4v) is 2.51. The Morgan fingerprint density at radius 3 is 2.61 bits per heavy atom. The molecule has 0 fully saturated rings. The Kier molecular flexibility index (Phi) is 4.07. The first-order chi connectivity index (χ1) is 8.54. The van der Waals surface area contributed by atoms with E-state index in [0.29, 0.717) is 6.79 Å². The van der Waals surface area contributed by atoms with E-state index in [1.165, 1.54) is 11.1 Å². The van der Waals surface area contributed by atoms with E-state index in [-0.39, 0.29) is 5.41 Å². The van der Waals surface area contributed by atoms with Crippen LogP contribution in [0.4, 0.5) is 0 Å². The molecule has 18 heavy (non-hydrogen) atoms. The predicted octanol–water partition coefficient (Wildman–Crippen LogP) is 2.52. The fraction of sp³-hybridized carbons (Fsp3) is 0.571. The van der Waals surface area contributed by atoms with E-state index in [2.05, 4.69) is 50.8 Å². The summed E-state index contributed by atoms with van der Waals surface area (Å²) in [6.45, 7) is 8.78. The number of ether oxygens (including phenoxy) is 2. The standard InChI is InChI=1S/C14H21NO2S/c1-10-6-12-13(17-9-16-12)7-11(10)14(2,3)8-15-4-5-18/h6-7,15,18H,4-5,8-9H2,1-3H3. The molecule has 0 radical (unpaired) electrons. The maximum absolute atomic E-state index is 5.46. The van der Waals surface area contributed by atoms with Gasteiger partial charge in [-0.1, -0.05) is 13.8 Å². The number of nitrogens with one attached hydrogen (secondary N) is 1. The van der Waals surface area contributed by atoms with E-state index < -0.39 is 0 Å². The zero-order chi connectivity index (χ0) is 13.2. The van der Waals surface area contributed by atoms with E-state index in [4.69, 9.17) is 9.47 Å². The van der Waals surface area contributed by atoms with Crippen molar-refractivity contribution in [2.24, 2.45) is 0 Å². The van der Waals surface area contributed by atoms with Crippen molar-refractivity contribution >= 4 is 12.6 Å². The number of benzene rings is 1. The smallest absolute Gasteiger partial charge is 0.231 e. The van der Waals surface area contributed by atoms with Gasteiger partial charge in [0.1, 0.15) is 0 Å². The quantitative estimate of drug-likeness (QED) is 0.635. The molecule has 3 nitrogen and oxygen atoms in total. The molecule has 4 heteroatoms. The Bertz CT molecular complexity index is 432. The monoisotopic (exact) mass is 267 g/mol. The summed E-state index contributed by atoms with van der Waals surface area (Å²) in [6, 6.07) is 4.18. The van der Waals surface area contributed by atoms with Crippen molar-refractivity contribution in [1.82, 2.24) is 5.32 Å². The van der Waals surface area contributed by atoms with Crippen molar-refractivity contribution in [3.63, 3.8) is 0 Å². The minimum atomic E-state index is 0.0635. The zero-order valence-electron chi connectivity index (χ0n) is 11.2. The van der Waals surface area contributed by atoms with Gasteiger partial charge in [0.05, 0.1) is 0 Å². The first-order valence-electron chi connectivity index (χ1n) is 6.27. The largest absolute Gasteiger partial charge is 0.454 e. The predicted molar refractivity (Wildman–Crippen MR) is 77.1 cm³/mol. The average Bonchev–Trinajstić information content (AvgIpc) is 2.75. The highest BCUT2D eigenvalue weighted by molar-refractivity contribution is 7.80. The molecule has 1 aliphatic heterocycles. The van der Waals surface area contributed by atoms with Crippen molar-refractivity contribution in [2.45, 2.75) is 26.2 Å². The van der Waals surface area contributed by atoms with Gasteiger partial charge in [0.25, 0.3) is 0 Å². The highest BCUT2D eigenvalue weighted by Gasteiger charge is 2.25. The van der Waals surface area contributed by atoms with Crippen LogP contribution in [0.1, 0.15) is 25.0 Å². The van der Waals surface area contributed by atoms with Gasteiger partial charge in [-0.05, 0) is 30.2 Å². The number of hydrogen-bond donors (Lipinski definition) is 2. The Hall–Kier alpha value is -0.870. The van der Waals surface area contributed by atoms with E-state index in [1.807, 2.05) is 0 Å². The number of aryl methyl sites for hydroxylation is 1.